The van der Waals surface area contributed by atoms with E-state index in [1.165, 1.54) is 24.9 Å². The second-order valence-electron chi connectivity index (χ2n) is 4.05. The maximum Gasteiger partial charge on any atom is 0.337 e. The Morgan fingerprint density at radius 1 is 1.21 bits per heavy atom. The van der Waals surface area contributed by atoms with Gasteiger partial charge in [0.25, 0.3) is 0 Å². The van der Waals surface area contributed by atoms with E-state index >= 15 is 0 Å². The molecule has 1 N–H and O–H groups in total. The molecule has 0 spiro atoms. The van der Waals surface area contributed by atoms with Crippen LogP contribution in [0.15, 0.2) is 52.3 Å². The van der Waals surface area contributed by atoms with E-state index < -0.39 is 5.97 Å². The molecular weight excluding hydrogens is 260 g/mol. The Morgan fingerprint density at radius 3 is 2.47 bits per heavy atom. The highest BCUT2D eigenvalue weighted by atomic mass is 32.2. The SMILES string of the molecule is COC(=O)c1cc(C)c(Sc2ccccc2)c(O)c1. The highest BCUT2D eigenvalue weighted by Crippen LogP contribution is 2.37. The number of ether oxygens (including phenoxy) is 1. The van der Waals surface area contributed by atoms with E-state index in [4.69, 9.17) is 0 Å². The highest BCUT2D eigenvalue weighted by molar-refractivity contribution is 7.99. The number of benzene rings is 2. The number of rotatable bonds is 3. The summed E-state index contributed by atoms with van der Waals surface area (Å²) < 4.78 is 4.65. The van der Waals surface area contributed by atoms with Crippen LogP contribution in [0.3, 0.4) is 0 Å². The zero-order chi connectivity index (χ0) is 13.8. The quantitative estimate of drug-likeness (QED) is 0.868. The summed E-state index contributed by atoms with van der Waals surface area (Å²) in [5, 5.41) is 10.0. The summed E-state index contributed by atoms with van der Waals surface area (Å²) in [7, 11) is 1.32. The molecule has 2 aromatic carbocycles. The molecule has 0 aromatic heterocycles. The minimum Gasteiger partial charge on any atom is -0.507 e. The number of aromatic hydroxyl groups is 1. The van der Waals surface area contributed by atoms with Crippen molar-refractivity contribution in [3.05, 3.63) is 53.6 Å². The van der Waals surface area contributed by atoms with Gasteiger partial charge in [0, 0.05) is 4.90 Å². The number of phenolic OH excluding ortho intramolecular Hbond substituents is 1. The van der Waals surface area contributed by atoms with Crippen LogP contribution in [0, 0.1) is 6.92 Å². The molecule has 2 aromatic rings. The number of carbonyl (C=O) groups excluding carboxylic acids is 1. The number of esters is 1. The van der Waals surface area contributed by atoms with E-state index in [0.29, 0.717) is 5.56 Å². The van der Waals surface area contributed by atoms with Gasteiger partial charge in [0.1, 0.15) is 5.75 Å². The standard InChI is InChI=1S/C15H14O3S/c1-10-8-11(15(17)18-2)9-13(16)14(10)19-12-6-4-3-5-7-12/h3-9,16H,1-2H3. The fourth-order valence-electron chi connectivity index (χ4n) is 1.73. The third-order valence-electron chi connectivity index (χ3n) is 2.64. The number of methoxy groups -OCH3 is 1. The van der Waals surface area contributed by atoms with Gasteiger partial charge in [0.15, 0.2) is 0 Å². The maximum absolute atomic E-state index is 11.4. The van der Waals surface area contributed by atoms with Crippen molar-refractivity contribution in [1.29, 1.82) is 0 Å². The molecule has 98 valence electrons. The van der Waals surface area contributed by atoms with E-state index in [-0.39, 0.29) is 5.75 Å². The smallest absolute Gasteiger partial charge is 0.337 e. The lowest BCUT2D eigenvalue weighted by Crippen LogP contribution is -2.01. The van der Waals surface area contributed by atoms with Crippen molar-refractivity contribution >= 4 is 17.7 Å². The predicted molar refractivity (Wildman–Crippen MR) is 74.7 cm³/mol. The highest BCUT2D eigenvalue weighted by Gasteiger charge is 2.13. The molecule has 4 heteroatoms. The molecule has 0 saturated heterocycles. The summed E-state index contributed by atoms with van der Waals surface area (Å²) in [6.07, 6.45) is 0. The third-order valence-corrected chi connectivity index (χ3v) is 3.88. The van der Waals surface area contributed by atoms with Crippen LogP contribution >= 0.6 is 11.8 Å². The Morgan fingerprint density at radius 2 is 1.89 bits per heavy atom. The molecule has 0 bridgehead atoms. The third kappa shape index (κ3) is 3.09. The van der Waals surface area contributed by atoms with Crippen molar-refractivity contribution in [1.82, 2.24) is 0 Å². The van der Waals surface area contributed by atoms with Crippen molar-refractivity contribution < 1.29 is 14.6 Å². The van der Waals surface area contributed by atoms with Crippen LogP contribution in [0.1, 0.15) is 15.9 Å². The van der Waals surface area contributed by atoms with Gasteiger partial charge in [-0.1, -0.05) is 30.0 Å². The molecule has 0 heterocycles. The van der Waals surface area contributed by atoms with Crippen LogP contribution < -0.4 is 0 Å². The first-order chi connectivity index (χ1) is 9.11. The Kier molecular flexibility index (Phi) is 4.12. The molecule has 0 aliphatic heterocycles. The molecule has 0 atom stereocenters. The maximum atomic E-state index is 11.4. The van der Waals surface area contributed by atoms with Gasteiger partial charge in [-0.2, -0.15) is 0 Å². The van der Waals surface area contributed by atoms with E-state index in [1.54, 1.807) is 6.07 Å². The lowest BCUT2D eigenvalue weighted by molar-refractivity contribution is 0.0600. The van der Waals surface area contributed by atoms with Crippen LogP contribution in [0.4, 0.5) is 0 Å². The summed E-state index contributed by atoms with van der Waals surface area (Å²) >= 11 is 1.47. The largest absolute Gasteiger partial charge is 0.507 e. The van der Waals surface area contributed by atoms with E-state index in [0.717, 1.165) is 15.4 Å². The molecule has 0 aliphatic rings. The predicted octanol–water partition coefficient (Wildman–Crippen LogP) is 3.64. The van der Waals surface area contributed by atoms with Crippen molar-refractivity contribution in [2.24, 2.45) is 0 Å². The molecule has 2 rings (SSSR count). The second-order valence-corrected chi connectivity index (χ2v) is 5.13. The lowest BCUT2D eigenvalue weighted by atomic mass is 10.1. The van der Waals surface area contributed by atoms with E-state index in [2.05, 4.69) is 4.74 Å². The number of aryl methyl sites for hydroxylation is 1. The fraction of sp³-hybridized carbons (Fsp3) is 0.133. The van der Waals surface area contributed by atoms with E-state index in [9.17, 15) is 9.90 Å². The number of phenols is 1. The normalized spacial score (nSPS) is 10.2. The van der Waals surface area contributed by atoms with Gasteiger partial charge in [0.2, 0.25) is 0 Å². The summed E-state index contributed by atoms with van der Waals surface area (Å²) in [5.41, 5.74) is 1.20. The molecule has 0 aliphatic carbocycles. The lowest BCUT2D eigenvalue weighted by Gasteiger charge is -2.10. The zero-order valence-electron chi connectivity index (χ0n) is 10.7. The topological polar surface area (TPSA) is 46.5 Å². The monoisotopic (exact) mass is 274 g/mol. The first kappa shape index (κ1) is 13.5. The molecule has 0 unspecified atom stereocenters. The van der Waals surface area contributed by atoms with Crippen molar-refractivity contribution in [3.63, 3.8) is 0 Å². The van der Waals surface area contributed by atoms with Gasteiger partial charge in [-0.05, 0) is 36.8 Å². The molecule has 0 amide bonds. The number of hydrogen-bond donors (Lipinski definition) is 1. The Bertz CT molecular complexity index is 571. The van der Waals surface area contributed by atoms with Gasteiger partial charge in [-0.15, -0.1) is 0 Å². The first-order valence-corrected chi connectivity index (χ1v) is 6.58. The first-order valence-electron chi connectivity index (χ1n) is 5.76. The zero-order valence-corrected chi connectivity index (χ0v) is 11.5. The fourth-order valence-corrected chi connectivity index (χ4v) is 2.64. The van der Waals surface area contributed by atoms with Crippen LogP contribution in [0.5, 0.6) is 5.75 Å². The molecule has 0 radical (unpaired) electrons. The second kappa shape index (κ2) is 5.80. The minimum absolute atomic E-state index is 0.0919. The van der Waals surface area contributed by atoms with Crippen LogP contribution in [0.25, 0.3) is 0 Å². The molecule has 0 saturated carbocycles. The Balaban J connectivity index is 2.35. The van der Waals surface area contributed by atoms with Crippen molar-refractivity contribution in [2.45, 2.75) is 16.7 Å². The van der Waals surface area contributed by atoms with Crippen LogP contribution in [0.2, 0.25) is 0 Å². The molecule has 19 heavy (non-hydrogen) atoms. The van der Waals surface area contributed by atoms with Gasteiger partial charge in [0.05, 0.1) is 17.6 Å². The van der Waals surface area contributed by atoms with E-state index in [1.807, 2.05) is 37.3 Å². The van der Waals surface area contributed by atoms with Gasteiger partial charge in [-0.3, -0.25) is 0 Å². The summed E-state index contributed by atoms with van der Waals surface area (Å²) in [6, 6.07) is 12.9. The Labute approximate surface area is 116 Å². The minimum atomic E-state index is -0.449. The molecule has 3 nitrogen and oxygen atoms in total. The van der Waals surface area contributed by atoms with Crippen LogP contribution in [-0.2, 0) is 4.74 Å². The molecule has 0 fully saturated rings. The number of hydrogen-bond acceptors (Lipinski definition) is 4. The average Bonchev–Trinajstić information content (AvgIpc) is 2.43. The Hall–Kier alpha value is -1.94. The summed E-state index contributed by atoms with van der Waals surface area (Å²) in [5.74, 6) is -0.357. The van der Waals surface area contributed by atoms with Gasteiger partial charge < -0.3 is 9.84 Å². The van der Waals surface area contributed by atoms with Crippen LogP contribution in [-0.4, -0.2) is 18.2 Å². The number of carbonyl (C=O) groups is 1. The summed E-state index contributed by atoms with van der Waals surface area (Å²) in [4.78, 5) is 13.2. The summed E-state index contributed by atoms with van der Waals surface area (Å²) in [6.45, 7) is 1.86. The van der Waals surface area contributed by atoms with Crippen molar-refractivity contribution in [2.75, 3.05) is 7.11 Å². The molecular formula is C15H14O3S. The van der Waals surface area contributed by atoms with Gasteiger partial charge >= 0.3 is 5.97 Å². The average molecular weight is 274 g/mol. The van der Waals surface area contributed by atoms with Crippen molar-refractivity contribution in [3.8, 4) is 5.75 Å². The van der Waals surface area contributed by atoms with Gasteiger partial charge in [-0.25, -0.2) is 4.79 Å².